The molecule has 0 nitrogen and oxygen atoms in total. The van der Waals surface area contributed by atoms with E-state index < -0.39 is 0 Å². The van der Waals surface area contributed by atoms with Crippen molar-refractivity contribution >= 4 is 11.8 Å². The highest BCUT2D eigenvalue weighted by molar-refractivity contribution is 8.01. The molecule has 0 N–H and O–H groups in total. The molecule has 132 valence electrons. The van der Waals surface area contributed by atoms with Crippen molar-refractivity contribution in [2.24, 2.45) is 0 Å². The van der Waals surface area contributed by atoms with Crippen molar-refractivity contribution in [2.75, 3.05) is 0 Å². The standard InChI is InChI=1S/C25H26S/c1-5-13-21(14-6-1)25(22-15-7-2-8-16-22,23-17-9-3-10-18-23)26-24-19-11-4-12-20-24/h1-3,5-10,13-18,24H,4,11-12,19-20H2. The number of thioether (sulfide) groups is 1. The van der Waals surface area contributed by atoms with Gasteiger partial charge in [-0.15, -0.1) is 11.8 Å². The first-order valence-electron chi connectivity index (χ1n) is 9.74. The summed E-state index contributed by atoms with van der Waals surface area (Å²) in [7, 11) is 0. The molecule has 0 bridgehead atoms. The highest BCUT2D eigenvalue weighted by Crippen LogP contribution is 2.52. The van der Waals surface area contributed by atoms with Crippen molar-refractivity contribution in [1.29, 1.82) is 0 Å². The molecule has 26 heavy (non-hydrogen) atoms. The van der Waals surface area contributed by atoms with Crippen molar-refractivity contribution in [3.05, 3.63) is 108 Å². The quantitative estimate of drug-likeness (QED) is 0.441. The van der Waals surface area contributed by atoms with Gasteiger partial charge in [-0.25, -0.2) is 0 Å². The second-order valence-electron chi connectivity index (χ2n) is 7.16. The molecule has 0 radical (unpaired) electrons. The SMILES string of the molecule is c1ccc(C(SC2CCCCC2)(c2ccccc2)c2ccccc2)cc1. The van der Waals surface area contributed by atoms with Gasteiger partial charge in [0.2, 0.25) is 0 Å². The Morgan fingerprint density at radius 2 is 0.923 bits per heavy atom. The molecule has 1 aliphatic rings. The van der Waals surface area contributed by atoms with E-state index in [0.717, 1.165) is 0 Å². The molecule has 0 atom stereocenters. The van der Waals surface area contributed by atoms with E-state index in [1.807, 2.05) is 0 Å². The maximum Gasteiger partial charge on any atom is 0.0909 e. The van der Waals surface area contributed by atoms with E-state index in [2.05, 4.69) is 103 Å². The second-order valence-corrected chi connectivity index (χ2v) is 8.67. The van der Waals surface area contributed by atoms with Crippen molar-refractivity contribution < 1.29 is 0 Å². The fraction of sp³-hybridized carbons (Fsp3) is 0.280. The van der Waals surface area contributed by atoms with E-state index in [-0.39, 0.29) is 4.75 Å². The zero-order valence-corrected chi connectivity index (χ0v) is 16.0. The van der Waals surface area contributed by atoms with Crippen LogP contribution in [0, 0.1) is 0 Å². The van der Waals surface area contributed by atoms with Crippen molar-refractivity contribution in [3.8, 4) is 0 Å². The smallest absolute Gasteiger partial charge is 0.0909 e. The molecule has 0 unspecified atom stereocenters. The van der Waals surface area contributed by atoms with Gasteiger partial charge in [-0.05, 0) is 29.5 Å². The van der Waals surface area contributed by atoms with Crippen LogP contribution < -0.4 is 0 Å². The summed E-state index contributed by atoms with van der Waals surface area (Å²) in [5.74, 6) is 0. The predicted molar refractivity (Wildman–Crippen MR) is 114 cm³/mol. The molecule has 0 aliphatic heterocycles. The molecule has 0 aromatic heterocycles. The zero-order chi connectivity index (χ0) is 17.7. The van der Waals surface area contributed by atoms with Gasteiger partial charge < -0.3 is 0 Å². The Kier molecular flexibility index (Phi) is 5.45. The van der Waals surface area contributed by atoms with Crippen molar-refractivity contribution in [1.82, 2.24) is 0 Å². The van der Waals surface area contributed by atoms with Crippen LogP contribution in [0.15, 0.2) is 91.0 Å². The van der Waals surface area contributed by atoms with Crippen LogP contribution in [0.4, 0.5) is 0 Å². The van der Waals surface area contributed by atoms with Crippen LogP contribution in [-0.2, 0) is 4.75 Å². The molecule has 1 heteroatoms. The van der Waals surface area contributed by atoms with Crippen LogP contribution in [-0.4, -0.2) is 5.25 Å². The molecule has 4 rings (SSSR count). The van der Waals surface area contributed by atoms with Crippen LogP contribution in [0.1, 0.15) is 48.8 Å². The topological polar surface area (TPSA) is 0 Å². The molecule has 1 saturated carbocycles. The van der Waals surface area contributed by atoms with Crippen molar-refractivity contribution in [3.63, 3.8) is 0 Å². The van der Waals surface area contributed by atoms with Gasteiger partial charge in [0.05, 0.1) is 4.75 Å². The molecule has 0 spiro atoms. The lowest BCUT2D eigenvalue weighted by atomic mass is 9.84. The number of hydrogen-bond acceptors (Lipinski definition) is 1. The van der Waals surface area contributed by atoms with E-state index in [9.17, 15) is 0 Å². The molecule has 3 aromatic carbocycles. The van der Waals surface area contributed by atoms with E-state index >= 15 is 0 Å². The average molecular weight is 359 g/mol. The number of hydrogen-bond donors (Lipinski definition) is 0. The maximum absolute atomic E-state index is 2.30. The largest absolute Gasteiger partial charge is 0.137 e. The lowest BCUT2D eigenvalue weighted by Crippen LogP contribution is -2.29. The fourth-order valence-electron chi connectivity index (χ4n) is 4.16. The third-order valence-corrected chi connectivity index (χ3v) is 7.30. The van der Waals surface area contributed by atoms with Crippen LogP contribution in [0.5, 0.6) is 0 Å². The van der Waals surface area contributed by atoms with Gasteiger partial charge in [-0.1, -0.05) is 110 Å². The molecular formula is C25H26S. The van der Waals surface area contributed by atoms with Crippen LogP contribution in [0.2, 0.25) is 0 Å². The number of rotatable bonds is 5. The Morgan fingerprint density at radius 3 is 1.31 bits per heavy atom. The molecule has 1 fully saturated rings. The third kappa shape index (κ3) is 3.46. The van der Waals surface area contributed by atoms with Gasteiger partial charge in [-0.2, -0.15) is 0 Å². The summed E-state index contributed by atoms with van der Waals surface area (Å²) in [6.07, 6.45) is 6.79. The van der Waals surface area contributed by atoms with Gasteiger partial charge in [0, 0.05) is 5.25 Å². The molecule has 0 heterocycles. The third-order valence-electron chi connectivity index (χ3n) is 5.44. The Bertz CT molecular complexity index is 693. The Hall–Kier alpha value is -1.99. The summed E-state index contributed by atoms with van der Waals surface area (Å²) in [6.45, 7) is 0. The lowest BCUT2D eigenvalue weighted by Gasteiger charge is -2.39. The normalized spacial score (nSPS) is 15.7. The summed E-state index contributed by atoms with van der Waals surface area (Å²) >= 11 is 2.17. The van der Waals surface area contributed by atoms with E-state index in [4.69, 9.17) is 0 Å². The van der Waals surface area contributed by atoms with E-state index in [0.29, 0.717) is 5.25 Å². The van der Waals surface area contributed by atoms with Crippen LogP contribution in [0.3, 0.4) is 0 Å². The van der Waals surface area contributed by atoms with Crippen LogP contribution in [0.25, 0.3) is 0 Å². The molecule has 1 aliphatic carbocycles. The molecule has 0 amide bonds. The van der Waals surface area contributed by atoms with Crippen LogP contribution >= 0.6 is 11.8 Å². The summed E-state index contributed by atoms with van der Waals surface area (Å²) in [4.78, 5) is 0. The van der Waals surface area contributed by atoms with Gasteiger partial charge in [0.25, 0.3) is 0 Å². The molecule has 3 aromatic rings. The first-order valence-corrected chi connectivity index (χ1v) is 10.6. The van der Waals surface area contributed by atoms with Gasteiger partial charge in [0.1, 0.15) is 0 Å². The Balaban J connectivity index is 1.90. The summed E-state index contributed by atoms with van der Waals surface area (Å²) in [5, 5.41) is 0.712. The van der Waals surface area contributed by atoms with Gasteiger partial charge in [-0.3, -0.25) is 0 Å². The summed E-state index contributed by atoms with van der Waals surface area (Å²) in [5.41, 5.74) is 4.15. The summed E-state index contributed by atoms with van der Waals surface area (Å²) in [6, 6.07) is 33.2. The van der Waals surface area contributed by atoms with Crippen molar-refractivity contribution in [2.45, 2.75) is 42.1 Å². The minimum absolute atomic E-state index is 0.147. The minimum Gasteiger partial charge on any atom is -0.137 e. The first kappa shape index (κ1) is 17.4. The monoisotopic (exact) mass is 358 g/mol. The van der Waals surface area contributed by atoms with E-state index in [1.165, 1.54) is 48.8 Å². The fourth-order valence-corrected chi connectivity index (χ4v) is 6.04. The van der Waals surface area contributed by atoms with E-state index in [1.54, 1.807) is 0 Å². The molecular weight excluding hydrogens is 332 g/mol. The van der Waals surface area contributed by atoms with Gasteiger partial charge >= 0.3 is 0 Å². The second kappa shape index (κ2) is 8.14. The maximum atomic E-state index is 2.30. The lowest BCUT2D eigenvalue weighted by molar-refractivity contribution is 0.514. The highest BCUT2D eigenvalue weighted by atomic mass is 32.2. The predicted octanol–water partition coefficient (Wildman–Crippen LogP) is 7.04. The Morgan fingerprint density at radius 1 is 0.538 bits per heavy atom. The molecule has 0 saturated heterocycles. The number of benzene rings is 3. The average Bonchev–Trinajstić information content (AvgIpc) is 2.75. The summed E-state index contributed by atoms with van der Waals surface area (Å²) < 4.78 is -0.147. The zero-order valence-electron chi connectivity index (χ0n) is 15.2. The van der Waals surface area contributed by atoms with Gasteiger partial charge in [0.15, 0.2) is 0 Å². The first-order chi connectivity index (χ1) is 12.9. The Labute approximate surface area is 161 Å². The highest BCUT2D eigenvalue weighted by Gasteiger charge is 2.39. The minimum atomic E-state index is -0.147.